The molecule has 0 bridgehead atoms. The summed E-state index contributed by atoms with van der Waals surface area (Å²) in [5.74, 6) is 6.09. The van der Waals surface area contributed by atoms with Gasteiger partial charge in [-0.2, -0.15) is 0 Å². The molecule has 0 aliphatic heterocycles. The molecule has 1 saturated carbocycles. The van der Waals surface area contributed by atoms with Gasteiger partial charge in [-0.3, -0.25) is 16.2 Å². The van der Waals surface area contributed by atoms with Gasteiger partial charge in [0.15, 0.2) is 0 Å². The molecule has 21 heavy (non-hydrogen) atoms. The van der Waals surface area contributed by atoms with Crippen molar-refractivity contribution in [2.75, 3.05) is 13.1 Å². The molecule has 0 saturated heterocycles. The Labute approximate surface area is 131 Å². The first kappa shape index (κ1) is 17.0. The molecule has 0 spiro atoms. The van der Waals surface area contributed by atoms with Gasteiger partial charge in [0.2, 0.25) is 0 Å². The third kappa shape index (κ3) is 3.69. The molecule has 3 N–H and O–H groups in total. The van der Waals surface area contributed by atoms with Crippen LogP contribution in [0.5, 0.6) is 0 Å². The highest BCUT2D eigenvalue weighted by Gasteiger charge is 2.45. The Balaban J connectivity index is 2.26. The predicted octanol–water partition coefficient (Wildman–Crippen LogP) is 3.75. The maximum absolute atomic E-state index is 6.09. The molecule has 0 radical (unpaired) electrons. The first-order valence-corrected chi connectivity index (χ1v) is 9.18. The average molecular weight is 293 g/mol. The van der Waals surface area contributed by atoms with Crippen LogP contribution in [0.1, 0.15) is 78.1 Å². The van der Waals surface area contributed by atoms with Gasteiger partial charge in [-0.15, -0.1) is 0 Å². The van der Waals surface area contributed by atoms with Crippen molar-refractivity contribution in [3.05, 3.63) is 11.6 Å². The number of rotatable bonds is 6. The molecule has 0 aromatic carbocycles. The normalized spacial score (nSPS) is 24.5. The monoisotopic (exact) mass is 293 g/mol. The van der Waals surface area contributed by atoms with Crippen LogP contribution in [0, 0.1) is 0 Å². The molecule has 0 aromatic rings. The van der Waals surface area contributed by atoms with Crippen LogP contribution in [0.3, 0.4) is 0 Å². The van der Waals surface area contributed by atoms with Crippen LogP contribution in [0.25, 0.3) is 0 Å². The molecule has 0 heterocycles. The van der Waals surface area contributed by atoms with Gasteiger partial charge in [-0.05, 0) is 51.6 Å². The van der Waals surface area contributed by atoms with E-state index in [1.54, 1.807) is 5.57 Å². The smallest absolute Gasteiger partial charge is 0.0604 e. The Bertz CT molecular complexity index is 327. The van der Waals surface area contributed by atoms with Crippen molar-refractivity contribution in [2.24, 2.45) is 5.84 Å². The van der Waals surface area contributed by atoms with Crippen molar-refractivity contribution in [3.8, 4) is 0 Å². The summed E-state index contributed by atoms with van der Waals surface area (Å²) in [6, 6.07) is 0.345. The number of hydrazine groups is 1. The van der Waals surface area contributed by atoms with Crippen LogP contribution >= 0.6 is 0 Å². The minimum atomic E-state index is 0.253. The number of hydrogen-bond donors (Lipinski definition) is 2. The molecular weight excluding hydrogens is 258 g/mol. The van der Waals surface area contributed by atoms with Crippen molar-refractivity contribution in [1.29, 1.82) is 0 Å². The van der Waals surface area contributed by atoms with Crippen LogP contribution < -0.4 is 11.3 Å². The third-order valence-electron chi connectivity index (χ3n) is 5.76. The lowest BCUT2D eigenvalue weighted by molar-refractivity contribution is 0.0739. The largest absolute Gasteiger partial charge is 0.296 e. The maximum atomic E-state index is 6.09. The van der Waals surface area contributed by atoms with Gasteiger partial charge in [-0.25, -0.2) is 0 Å². The molecule has 122 valence electrons. The quantitative estimate of drug-likeness (QED) is 0.445. The van der Waals surface area contributed by atoms with Crippen LogP contribution in [0.4, 0.5) is 0 Å². The molecule has 2 aliphatic carbocycles. The van der Waals surface area contributed by atoms with Crippen molar-refractivity contribution >= 4 is 0 Å². The molecule has 0 aromatic heterocycles. The number of nitrogens with zero attached hydrogens (tertiary/aromatic N) is 1. The molecule has 2 rings (SSSR count). The lowest BCUT2D eigenvalue weighted by Crippen LogP contribution is -2.62. The fourth-order valence-corrected chi connectivity index (χ4v) is 4.71. The summed E-state index contributed by atoms with van der Waals surface area (Å²) in [5, 5.41) is 0. The van der Waals surface area contributed by atoms with Crippen LogP contribution in [0.15, 0.2) is 11.6 Å². The zero-order valence-corrected chi connectivity index (χ0v) is 14.2. The maximum Gasteiger partial charge on any atom is 0.0604 e. The van der Waals surface area contributed by atoms with E-state index in [1.165, 1.54) is 64.2 Å². The van der Waals surface area contributed by atoms with Gasteiger partial charge < -0.3 is 0 Å². The predicted molar refractivity (Wildman–Crippen MR) is 91.0 cm³/mol. The lowest BCUT2D eigenvalue weighted by atomic mass is 9.79. The summed E-state index contributed by atoms with van der Waals surface area (Å²) in [6.07, 6.45) is 15.7. The standard InChI is InChI=1S/C18H35N3/c1-3-21(4-2)18(14-10-11-15-18)17(20-19)16-12-8-6-5-7-9-13-16/h12,17,20H,3-11,13-15,19H2,1-2H3. The van der Waals surface area contributed by atoms with Crippen LogP contribution in [-0.4, -0.2) is 29.6 Å². The van der Waals surface area contributed by atoms with E-state index in [-0.39, 0.29) is 5.54 Å². The van der Waals surface area contributed by atoms with Crippen LogP contribution in [-0.2, 0) is 0 Å². The minimum absolute atomic E-state index is 0.253. The van der Waals surface area contributed by atoms with E-state index in [0.29, 0.717) is 6.04 Å². The number of likely N-dealkylation sites (N-methyl/N-ethyl adjacent to an activating group) is 1. The van der Waals surface area contributed by atoms with E-state index in [4.69, 9.17) is 5.84 Å². The molecule has 1 fully saturated rings. The van der Waals surface area contributed by atoms with Crippen molar-refractivity contribution in [1.82, 2.24) is 10.3 Å². The van der Waals surface area contributed by atoms with E-state index in [2.05, 4.69) is 30.2 Å². The van der Waals surface area contributed by atoms with Crippen molar-refractivity contribution < 1.29 is 0 Å². The van der Waals surface area contributed by atoms with Gasteiger partial charge in [-0.1, -0.05) is 51.2 Å². The molecule has 3 nitrogen and oxygen atoms in total. The Hall–Kier alpha value is -0.380. The Morgan fingerprint density at radius 2 is 1.76 bits per heavy atom. The molecular formula is C18H35N3. The number of nitrogens with one attached hydrogen (secondary N) is 1. The molecule has 2 aliphatic rings. The van der Waals surface area contributed by atoms with Gasteiger partial charge in [0.05, 0.1) is 6.04 Å². The first-order valence-electron chi connectivity index (χ1n) is 9.18. The Kier molecular flexibility index (Phi) is 6.72. The number of allylic oxidation sites excluding steroid dienone is 1. The highest BCUT2D eigenvalue weighted by molar-refractivity contribution is 5.21. The summed E-state index contributed by atoms with van der Waals surface area (Å²) < 4.78 is 0. The zero-order valence-electron chi connectivity index (χ0n) is 14.2. The van der Waals surface area contributed by atoms with E-state index >= 15 is 0 Å². The Morgan fingerprint density at radius 1 is 1.10 bits per heavy atom. The summed E-state index contributed by atoms with van der Waals surface area (Å²) in [4.78, 5) is 2.67. The Morgan fingerprint density at radius 3 is 2.38 bits per heavy atom. The van der Waals surface area contributed by atoms with Crippen molar-refractivity contribution in [2.45, 2.75) is 89.6 Å². The zero-order chi connectivity index (χ0) is 15.1. The van der Waals surface area contributed by atoms with Crippen LogP contribution in [0.2, 0.25) is 0 Å². The minimum Gasteiger partial charge on any atom is -0.296 e. The molecule has 1 atom stereocenters. The fraction of sp³-hybridized carbons (Fsp3) is 0.889. The second-order valence-corrected chi connectivity index (χ2v) is 6.81. The SMILES string of the molecule is CCN(CC)C1(C(NN)C2=CCCCCCC2)CCCC1. The first-order chi connectivity index (χ1) is 10.3. The number of nitrogens with two attached hydrogens (primary N) is 1. The fourth-order valence-electron chi connectivity index (χ4n) is 4.71. The van der Waals surface area contributed by atoms with Gasteiger partial charge in [0, 0.05) is 5.54 Å². The van der Waals surface area contributed by atoms with Crippen molar-refractivity contribution in [3.63, 3.8) is 0 Å². The lowest BCUT2D eigenvalue weighted by Gasteiger charge is -2.47. The van der Waals surface area contributed by atoms with E-state index < -0.39 is 0 Å². The third-order valence-corrected chi connectivity index (χ3v) is 5.76. The molecule has 1 unspecified atom stereocenters. The second-order valence-electron chi connectivity index (χ2n) is 6.81. The topological polar surface area (TPSA) is 41.3 Å². The van der Waals surface area contributed by atoms with Gasteiger partial charge in [0.1, 0.15) is 0 Å². The molecule has 0 amide bonds. The highest BCUT2D eigenvalue weighted by Crippen LogP contribution is 2.41. The summed E-state index contributed by atoms with van der Waals surface area (Å²) in [7, 11) is 0. The summed E-state index contributed by atoms with van der Waals surface area (Å²) in [5.41, 5.74) is 5.08. The highest BCUT2D eigenvalue weighted by atomic mass is 15.3. The molecule has 3 heteroatoms. The number of hydrogen-bond acceptors (Lipinski definition) is 3. The van der Waals surface area contributed by atoms with E-state index in [1.807, 2.05) is 0 Å². The average Bonchev–Trinajstić information content (AvgIpc) is 2.93. The summed E-state index contributed by atoms with van der Waals surface area (Å²) >= 11 is 0. The van der Waals surface area contributed by atoms with Gasteiger partial charge in [0.25, 0.3) is 0 Å². The summed E-state index contributed by atoms with van der Waals surface area (Å²) in [6.45, 7) is 6.84. The van der Waals surface area contributed by atoms with E-state index in [9.17, 15) is 0 Å². The second kappa shape index (κ2) is 8.30. The van der Waals surface area contributed by atoms with Gasteiger partial charge >= 0.3 is 0 Å². The van der Waals surface area contributed by atoms with E-state index in [0.717, 1.165) is 13.1 Å².